The highest BCUT2D eigenvalue weighted by atomic mass is 19.4. The van der Waals surface area contributed by atoms with Gasteiger partial charge in [0, 0.05) is 0 Å². The highest BCUT2D eigenvalue weighted by Crippen LogP contribution is 2.39. The van der Waals surface area contributed by atoms with Crippen LogP contribution in [0.2, 0.25) is 0 Å². The lowest BCUT2D eigenvalue weighted by Crippen LogP contribution is -2.40. The predicted molar refractivity (Wildman–Crippen MR) is 97.6 cm³/mol. The lowest BCUT2D eigenvalue weighted by atomic mass is 9.94. The molecule has 0 radical (unpaired) electrons. The first kappa shape index (κ1) is 22.6. The molecular formula is C21H21F6NO2. The van der Waals surface area contributed by atoms with Crippen molar-refractivity contribution in [3.63, 3.8) is 0 Å². The van der Waals surface area contributed by atoms with Crippen LogP contribution >= 0.6 is 0 Å². The average Bonchev–Trinajstić information content (AvgIpc) is 2.71. The first-order chi connectivity index (χ1) is 14.1. The van der Waals surface area contributed by atoms with Gasteiger partial charge < -0.3 is 15.2 Å². The van der Waals surface area contributed by atoms with Gasteiger partial charge in [0.25, 0.3) is 0 Å². The summed E-state index contributed by atoms with van der Waals surface area (Å²) in [6.07, 6.45) is -10.5. The zero-order chi connectivity index (χ0) is 21.9. The second kappa shape index (κ2) is 8.95. The lowest BCUT2D eigenvalue weighted by molar-refractivity contribution is -0.143. The molecule has 9 heteroatoms. The molecule has 0 bridgehead atoms. The van der Waals surface area contributed by atoms with Crippen LogP contribution in [0.1, 0.15) is 47.2 Å². The summed E-state index contributed by atoms with van der Waals surface area (Å²) in [7, 11) is 0. The van der Waals surface area contributed by atoms with E-state index in [0.29, 0.717) is 25.1 Å². The minimum Gasteiger partial charge on any atom is -0.393 e. The Bertz CT molecular complexity index is 805. The Kier molecular flexibility index (Phi) is 6.74. The third-order valence-electron chi connectivity index (χ3n) is 5.05. The summed E-state index contributed by atoms with van der Waals surface area (Å²) >= 11 is 0. The van der Waals surface area contributed by atoms with Crippen molar-refractivity contribution in [1.29, 1.82) is 0 Å². The van der Waals surface area contributed by atoms with Crippen molar-refractivity contribution in [2.24, 2.45) is 0 Å². The van der Waals surface area contributed by atoms with Crippen LogP contribution in [-0.4, -0.2) is 24.4 Å². The van der Waals surface area contributed by atoms with Crippen molar-refractivity contribution in [2.45, 2.75) is 43.4 Å². The molecule has 2 aromatic carbocycles. The molecule has 164 valence electrons. The zero-order valence-corrected chi connectivity index (χ0v) is 15.8. The maximum atomic E-state index is 13.2. The number of benzene rings is 2. The van der Waals surface area contributed by atoms with Crippen LogP contribution in [0, 0.1) is 0 Å². The third kappa shape index (κ3) is 5.33. The van der Waals surface area contributed by atoms with Crippen LogP contribution in [-0.2, 0) is 17.1 Å². The number of hydrogen-bond donors (Lipinski definition) is 2. The molecule has 3 atom stereocenters. The van der Waals surface area contributed by atoms with Crippen LogP contribution in [0.15, 0.2) is 48.5 Å². The molecule has 1 aliphatic heterocycles. The lowest BCUT2D eigenvalue weighted by Gasteiger charge is -2.35. The normalized spacial score (nSPS) is 21.4. The summed E-state index contributed by atoms with van der Waals surface area (Å²) in [4.78, 5) is 0. The molecule has 2 unspecified atom stereocenters. The number of halogens is 6. The van der Waals surface area contributed by atoms with E-state index in [2.05, 4.69) is 5.32 Å². The van der Waals surface area contributed by atoms with Gasteiger partial charge in [-0.2, -0.15) is 26.3 Å². The van der Waals surface area contributed by atoms with E-state index in [-0.39, 0.29) is 17.7 Å². The highest BCUT2D eigenvalue weighted by molar-refractivity contribution is 5.35. The molecule has 0 aromatic heterocycles. The molecule has 1 aliphatic rings. The van der Waals surface area contributed by atoms with E-state index in [1.54, 1.807) is 0 Å². The Morgan fingerprint density at radius 3 is 2.10 bits per heavy atom. The fourth-order valence-electron chi connectivity index (χ4n) is 3.60. The van der Waals surface area contributed by atoms with Crippen molar-refractivity contribution in [3.05, 3.63) is 70.8 Å². The second-order valence-electron chi connectivity index (χ2n) is 7.17. The van der Waals surface area contributed by atoms with Crippen LogP contribution in [0.5, 0.6) is 0 Å². The zero-order valence-electron chi connectivity index (χ0n) is 15.8. The first-order valence-corrected chi connectivity index (χ1v) is 9.43. The van der Waals surface area contributed by atoms with E-state index < -0.39 is 42.3 Å². The number of nitrogens with one attached hydrogen (secondary N) is 1. The van der Waals surface area contributed by atoms with Crippen LogP contribution in [0.25, 0.3) is 0 Å². The fourth-order valence-corrected chi connectivity index (χ4v) is 3.60. The third-order valence-corrected chi connectivity index (χ3v) is 5.05. The fraction of sp³-hybridized carbons (Fsp3) is 0.429. The Labute approximate surface area is 169 Å². The molecule has 1 fully saturated rings. The maximum absolute atomic E-state index is 13.2. The van der Waals surface area contributed by atoms with Gasteiger partial charge in [-0.25, -0.2) is 0 Å². The van der Waals surface area contributed by atoms with E-state index in [0.717, 1.165) is 12.0 Å². The molecule has 1 heterocycles. The van der Waals surface area contributed by atoms with Crippen molar-refractivity contribution >= 4 is 0 Å². The Morgan fingerprint density at radius 2 is 1.57 bits per heavy atom. The van der Waals surface area contributed by atoms with Crippen molar-refractivity contribution in [3.8, 4) is 0 Å². The molecule has 2 aromatic rings. The number of aliphatic hydroxyl groups is 1. The Hall–Kier alpha value is -2.10. The van der Waals surface area contributed by atoms with E-state index in [1.165, 1.54) is 0 Å². The molecule has 0 spiro atoms. The standard InChI is InChI=1S/C21H21F6NO2/c22-20(23,24)15-9-14(10-16(11-15)21(25,26)27)18(12-29)30-17-7-4-8-28-19(17)13-5-2-1-3-6-13/h1-3,5-6,9-11,17-19,28-29H,4,7-8,12H2/t17?,18-,19?/m1/s1. The van der Waals surface area contributed by atoms with Gasteiger partial charge >= 0.3 is 12.4 Å². The number of alkyl halides is 6. The molecule has 0 saturated carbocycles. The summed E-state index contributed by atoms with van der Waals surface area (Å²) in [5.74, 6) is 0. The first-order valence-electron chi connectivity index (χ1n) is 9.43. The van der Waals surface area contributed by atoms with E-state index in [1.807, 2.05) is 30.3 Å². The Morgan fingerprint density at radius 1 is 0.967 bits per heavy atom. The molecule has 0 amide bonds. The van der Waals surface area contributed by atoms with Crippen LogP contribution in [0.4, 0.5) is 26.3 Å². The monoisotopic (exact) mass is 433 g/mol. The summed E-state index contributed by atoms with van der Waals surface area (Å²) in [6, 6.07) is 10.2. The Balaban J connectivity index is 1.93. The molecule has 0 aliphatic carbocycles. The smallest absolute Gasteiger partial charge is 0.393 e. The second-order valence-corrected chi connectivity index (χ2v) is 7.17. The largest absolute Gasteiger partial charge is 0.416 e. The van der Waals surface area contributed by atoms with Crippen molar-refractivity contribution < 1.29 is 36.2 Å². The van der Waals surface area contributed by atoms with Gasteiger partial charge in [0.15, 0.2) is 0 Å². The van der Waals surface area contributed by atoms with E-state index >= 15 is 0 Å². The van der Waals surface area contributed by atoms with Crippen molar-refractivity contribution in [1.82, 2.24) is 5.32 Å². The highest BCUT2D eigenvalue weighted by Gasteiger charge is 2.38. The summed E-state index contributed by atoms with van der Waals surface area (Å²) < 4.78 is 84.9. The molecule has 2 N–H and O–H groups in total. The average molecular weight is 433 g/mol. The predicted octanol–water partition coefficient (Wildman–Crippen LogP) is 5.27. The molecule has 30 heavy (non-hydrogen) atoms. The number of aliphatic hydroxyl groups excluding tert-OH is 1. The summed E-state index contributed by atoms with van der Waals surface area (Å²) in [6.45, 7) is -0.0540. The number of rotatable bonds is 5. The van der Waals surface area contributed by atoms with Gasteiger partial charge in [0.1, 0.15) is 6.10 Å². The van der Waals surface area contributed by atoms with E-state index in [9.17, 15) is 31.4 Å². The van der Waals surface area contributed by atoms with Gasteiger partial charge in [-0.15, -0.1) is 0 Å². The molecule has 3 nitrogen and oxygen atoms in total. The van der Waals surface area contributed by atoms with Crippen LogP contribution in [0.3, 0.4) is 0 Å². The number of hydrogen-bond acceptors (Lipinski definition) is 3. The van der Waals surface area contributed by atoms with Crippen molar-refractivity contribution in [2.75, 3.05) is 13.2 Å². The SMILES string of the molecule is OC[C@@H](OC1CCCNC1c1ccccc1)c1cc(C(F)(F)F)cc(C(F)(F)F)c1. The molecule has 3 rings (SSSR count). The van der Waals surface area contributed by atoms with Gasteiger partial charge in [-0.05, 0) is 48.7 Å². The molecular weight excluding hydrogens is 412 g/mol. The minimum atomic E-state index is -4.96. The summed E-state index contributed by atoms with van der Waals surface area (Å²) in [5.41, 5.74) is -2.34. The van der Waals surface area contributed by atoms with Gasteiger partial charge in [-0.3, -0.25) is 0 Å². The molecule has 1 saturated heterocycles. The van der Waals surface area contributed by atoms with Gasteiger partial charge in [0.2, 0.25) is 0 Å². The van der Waals surface area contributed by atoms with Crippen LogP contribution < -0.4 is 5.32 Å². The number of ether oxygens (including phenoxy) is 1. The quantitative estimate of drug-likeness (QED) is 0.632. The topological polar surface area (TPSA) is 41.5 Å². The number of piperidine rings is 1. The van der Waals surface area contributed by atoms with E-state index in [4.69, 9.17) is 4.74 Å². The maximum Gasteiger partial charge on any atom is 0.416 e. The summed E-state index contributed by atoms with van der Waals surface area (Å²) in [5, 5.41) is 13.0. The van der Waals surface area contributed by atoms with Gasteiger partial charge in [-0.1, -0.05) is 30.3 Å². The minimum absolute atomic E-state index is 0.0624. The van der Waals surface area contributed by atoms with Gasteiger partial charge in [0.05, 0.1) is 29.9 Å².